The molecule has 18 heavy (non-hydrogen) atoms. The first-order valence-electron chi connectivity index (χ1n) is 6.11. The molecule has 5 heteroatoms. The summed E-state index contributed by atoms with van der Waals surface area (Å²) < 4.78 is 4.64. The molecule has 1 amide bonds. The molecule has 1 aliphatic carbocycles. The van der Waals surface area contributed by atoms with Gasteiger partial charge in [-0.15, -0.1) is 0 Å². The van der Waals surface area contributed by atoms with Crippen molar-refractivity contribution < 1.29 is 19.4 Å². The zero-order valence-corrected chi connectivity index (χ0v) is 10.4. The molecule has 0 fully saturated rings. The molecule has 0 saturated carbocycles. The van der Waals surface area contributed by atoms with Crippen LogP contribution in [0.5, 0.6) is 0 Å². The fourth-order valence-corrected chi connectivity index (χ4v) is 2.46. The monoisotopic (exact) mass is 251 g/mol. The predicted molar refractivity (Wildman–Crippen MR) is 65.2 cm³/mol. The minimum absolute atomic E-state index is 0.279. The van der Waals surface area contributed by atoms with Gasteiger partial charge in [0.2, 0.25) is 0 Å². The van der Waals surface area contributed by atoms with Gasteiger partial charge in [0.1, 0.15) is 0 Å². The van der Waals surface area contributed by atoms with Crippen LogP contribution in [0.2, 0.25) is 0 Å². The third-order valence-electron chi connectivity index (χ3n) is 3.43. The summed E-state index contributed by atoms with van der Waals surface area (Å²) in [6.45, 7) is 0.279. The Morgan fingerprint density at radius 2 is 2.17 bits per heavy atom. The van der Waals surface area contributed by atoms with Crippen LogP contribution in [0.25, 0.3) is 0 Å². The summed E-state index contributed by atoms with van der Waals surface area (Å²) in [6, 6.07) is -0.801. The second-order valence-electron chi connectivity index (χ2n) is 4.55. The molecule has 5 nitrogen and oxygen atoms in total. The molecule has 1 N–H and O–H groups in total. The van der Waals surface area contributed by atoms with Gasteiger partial charge in [0.25, 0.3) is 0 Å². The van der Waals surface area contributed by atoms with Gasteiger partial charge in [-0.3, -0.25) is 4.90 Å². The number of allylic oxidation sites excluding steroid dienone is 1. The van der Waals surface area contributed by atoms with Crippen LogP contribution < -0.4 is 0 Å². The van der Waals surface area contributed by atoms with E-state index in [-0.39, 0.29) is 6.54 Å². The molecule has 0 aromatic rings. The number of amides is 1. The third-order valence-corrected chi connectivity index (χ3v) is 3.43. The van der Waals surface area contributed by atoms with E-state index in [1.165, 1.54) is 19.1 Å². The summed E-state index contributed by atoms with van der Waals surface area (Å²) >= 11 is 0. The number of ether oxygens (including phenoxy) is 1. The Kier molecular flexibility index (Phi) is 3.69. The molecule has 1 atom stereocenters. The van der Waals surface area contributed by atoms with Gasteiger partial charge in [-0.25, -0.2) is 9.59 Å². The SMILES string of the molecule is COC(=O)[C@@H]1C=C(C2=CCCCC2)CN1C(=O)O. The largest absolute Gasteiger partial charge is 0.467 e. The van der Waals surface area contributed by atoms with Crippen molar-refractivity contribution in [1.82, 2.24) is 4.90 Å². The van der Waals surface area contributed by atoms with Crippen LogP contribution >= 0.6 is 0 Å². The highest BCUT2D eigenvalue weighted by Gasteiger charge is 2.35. The molecule has 2 aliphatic rings. The van der Waals surface area contributed by atoms with Gasteiger partial charge in [0.05, 0.1) is 13.7 Å². The van der Waals surface area contributed by atoms with Crippen molar-refractivity contribution in [1.29, 1.82) is 0 Å². The summed E-state index contributed by atoms with van der Waals surface area (Å²) in [4.78, 5) is 23.8. The van der Waals surface area contributed by atoms with Gasteiger partial charge in [-0.05, 0) is 42.9 Å². The lowest BCUT2D eigenvalue weighted by Crippen LogP contribution is -2.40. The Morgan fingerprint density at radius 3 is 2.72 bits per heavy atom. The predicted octanol–water partition coefficient (Wildman–Crippen LogP) is 1.95. The molecule has 0 saturated heterocycles. The topological polar surface area (TPSA) is 66.8 Å². The van der Waals surface area contributed by atoms with Gasteiger partial charge < -0.3 is 9.84 Å². The molecule has 0 radical (unpaired) electrons. The number of carboxylic acid groups (broad SMARTS) is 1. The van der Waals surface area contributed by atoms with E-state index in [0.717, 1.165) is 29.7 Å². The van der Waals surface area contributed by atoms with E-state index in [2.05, 4.69) is 10.8 Å². The van der Waals surface area contributed by atoms with Crippen LogP contribution in [-0.2, 0) is 9.53 Å². The maximum Gasteiger partial charge on any atom is 0.408 e. The molecule has 98 valence electrons. The lowest BCUT2D eigenvalue weighted by Gasteiger charge is -2.19. The second-order valence-corrected chi connectivity index (χ2v) is 4.55. The fourth-order valence-electron chi connectivity index (χ4n) is 2.46. The van der Waals surface area contributed by atoms with E-state index >= 15 is 0 Å². The minimum Gasteiger partial charge on any atom is -0.467 e. The smallest absolute Gasteiger partial charge is 0.408 e. The van der Waals surface area contributed by atoms with Crippen LogP contribution in [-0.4, -0.2) is 41.8 Å². The molecule has 1 heterocycles. The van der Waals surface area contributed by atoms with Gasteiger partial charge in [-0.2, -0.15) is 0 Å². The van der Waals surface area contributed by atoms with Crippen molar-refractivity contribution in [3.63, 3.8) is 0 Å². The Morgan fingerprint density at radius 1 is 1.39 bits per heavy atom. The lowest BCUT2D eigenvalue weighted by molar-refractivity contribution is -0.143. The zero-order chi connectivity index (χ0) is 13.1. The first kappa shape index (κ1) is 12.7. The average molecular weight is 251 g/mol. The van der Waals surface area contributed by atoms with Crippen molar-refractivity contribution in [2.75, 3.05) is 13.7 Å². The van der Waals surface area contributed by atoms with Gasteiger partial charge >= 0.3 is 12.1 Å². The molecule has 0 aromatic heterocycles. The Labute approximate surface area is 106 Å². The Balaban J connectivity index is 2.20. The number of nitrogens with zero attached hydrogens (tertiary/aromatic N) is 1. The normalized spacial score (nSPS) is 23.4. The number of carbonyl (C=O) groups excluding carboxylic acids is 1. The summed E-state index contributed by atoms with van der Waals surface area (Å²) in [7, 11) is 1.27. The third kappa shape index (κ3) is 2.39. The molecular weight excluding hydrogens is 234 g/mol. The Hall–Kier alpha value is -1.78. The minimum atomic E-state index is -1.09. The number of hydrogen-bond donors (Lipinski definition) is 1. The van der Waals surface area contributed by atoms with Crippen molar-refractivity contribution in [2.24, 2.45) is 0 Å². The van der Waals surface area contributed by atoms with E-state index in [1.807, 2.05) is 0 Å². The van der Waals surface area contributed by atoms with Crippen LogP contribution in [0.3, 0.4) is 0 Å². The van der Waals surface area contributed by atoms with Crippen molar-refractivity contribution in [3.8, 4) is 0 Å². The van der Waals surface area contributed by atoms with Crippen LogP contribution in [0.4, 0.5) is 4.79 Å². The highest BCUT2D eigenvalue weighted by atomic mass is 16.5. The molecule has 2 rings (SSSR count). The van der Waals surface area contributed by atoms with Crippen LogP contribution in [0.1, 0.15) is 25.7 Å². The number of methoxy groups -OCH3 is 1. The van der Waals surface area contributed by atoms with E-state index < -0.39 is 18.1 Å². The second kappa shape index (κ2) is 5.25. The number of rotatable bonds is 2. The molecule has 0 spiro atoms. The van der Waals surface area contributed by atoms with E-state index in [0.29, 0.717) is 0 Å². The van der Waals surface area contributed by atoms with Gasteiger partial charge in [-0.1, -0.05) is 6.08 Å². The van der Waals surface area contributed by atoms with Crippen LogP contribution in [0.15, 0.2) is 23.3 Å². The fraction of sp³-hybridized carbons (Fsp3) is 0.538. The molecule has 0 unspecified atom stereocenters. The first-order chi connectivity index (χ1) is 8.63. The highest BCUT2D eigenvalue weighted by Crippen LogP contribution is 2.29. The molecule has 1 aliphatic heterocycles. The van der Waals surface area contributed by atoms with Crippen molar-refractivity contribution in [2.45, 2.75) is 31.7 Å². The maximum absolute atomic E-state index is 11.6. The van der Waals surface area contributed by atoms with Crippen molar-refractivity contribution >= 4 is 12.1 Å². The van der Waals surface area contributed by atoms with E-state index in [9.17, 15) is 9.59 Å². The van der Waals surface area contributed by atoms with Gasteiger partial charge in [0, 0.05) is 0 Å². The summed E-state index contributed by atoms with van der Waals surface area (Å²) in [5, 5.41) is 9.11. The number of hydrogen-bond acceptors (Lipinski definition) is 3. The quantitative estimate of drug-likeness (QED) is 0.762. The lowest BCUT2D eigenvalue weighted by atomic mass is 9.94. The maximum atomic E-state index is 11.6. The van der Waals surface area contributed by atoms with Crippen LogP contribution in [0, 0.1) is 0 Å². The van der Waals surface area contributed by atoms with E-state index in [1.54, 1.807) is 6.08 Å². The first-order valence-corrected chi connectivity index (χ1v) is 6.11. The zero-order valence-electron chi connectivity index (χ0n) is 10.4. The van der Waals surface area contributed by atoms with Crippen molar-refractivity contribution in [3.05, 3.63) is 23.3 Å². The summed E-state index contributed by atoms with van der Waals surface area (Å²) in [5.74, 6) is -0.524. The number of esters is 1. The highest BCUT2D eigenvalue weighted by molar-refractivity contribution is 5.84. The summed E-state index contributed by atoms with van der Waals surface area (Å²) in [6.07, 6.45) is 7.08. The Bertz CT molecular complexity index is 425. The van der Waals surface area contributed by atoms with Gasteiger partial charge in [0.15, 0.2) is 6.04 Å². The molecular formula is C13H17NO4. The van der Waals surface area contributed by atoms with E-state index in [4.69, 9.17) is 5.11 Å². The standard InChI is InChI=1S/C13H17NO4/c1-18-12(15)11-7-10(8-14(11)13(16)17)9-5-3-2-4-6-9/h5,7,11H,2-4,6,8H2,1H3,(H,16,17)/t11-/m0/s1. The molecule has 0 bridgehead atoms. The number of carbonyl (C=O) groups is 2. The molecule has 0 aromatic carbocycles. The summed E-state index contributed by atoms with van der Waals surface area (Å²) in [5.41, 5.74) is 2.13. The average Bonchev–Trinajstić information content (AvgIpc) is 2.84.